The number of carbonyl (C=O) groups excluding carboxylic acids is 1. The fourth-order valence-corrected chi connectivity index (χ4v) is 1.71. The van der Waals surface area contributed by atoms with Crippen LogP contribution in [0.4, 0.5) is 0 Å². The van der Waals surface area contributed by atoms with Crippen LogP contribution in [0.2, 0.25) is 0 Å². The molecule has 3 heteroatoms. The van der Waals surface area contributed by atoms with Crippen LogP contribution in [0.3, 0.4) is 0 Å². The van der Waals surface area contributed by atoms with E-state index in [2.05, 4.69) is 21.2 Å². The monoisotopic (exact) mass is 253 g/mol. The Hall–Kier alpha value is -0.830. The summed E-state index contributed by atoms with van der Waals surface area (Å²) in [5, 5.41) is 2.98. The Kier molecular flexibility index (Phi) is 2.59. The molecular formula is C11H12BrNO. The standard InChI is InChI=1S/C11H12BrNO/c1-7-9(3-2-4-10(7)12)11(14)13-8-5-6-8/h2-4,8H,5-6H2,1H3,(H,13,14). The van der Waals surface area contributed by atoms with E-state index in [-0.39, 0.29) is 5.91 Å². The highest BCUT2D eigenvalue weighted by Gasteiger charge is 2.24. The van der Waals surface area contributed by atoms with E-state index in [0.717, 1.165) is 28.4 Å². The number of nitrogens with one attached hydrogen (secondary N) is 1. The van der Waals surface area contributed by atoms with Crippen LogP contribution in [-0.4, -0.2) is 11.9 Å². The molecule has 0 bridgehead atoms. The lowest BCUT2D eigenvalue weighted by Gasteiger charge is -2.07. The van der Waals surface area contributed by atoms with Gasteiger partial charge in [-0.05, 0) is 37.5 Å². The zero-order valence-corrected chi connectivity index (χ0v) is 9.60. The highest BCUT2D eigenvalue weighted by molar-refractivity contribution is 9.10. The second-order valence-corrected chi connectivity index (χ2v) is 4.51. The van der Waals surface area contributed by atoms with Gasteiger partial charge in [0.15, 0.2) is 0 Å². The van der Waals surface area contributed by atoms with E-state index in [1.807, 2.05) is 25.1 Å². The third kappa shape index (κ3) is 1.98. The zero-order valence-electron chi connectivity index (χ0n) is 8.01. The van der Waals surface area contributed by atoms with Crippen molar-refractivity contribution in [3.05, 3.63) is 33.8 Å². The largest absolute Gasteiger partial charge is 0.349 e. The minimum atomic E-state index is 0.0475. The molecule has 0 saturated heterocycles. The third-order valence-corrected chi connectivity index (χ3v) is 3.28. The lowest BCUT2D eigenvalue weighted by atomic mass is 10.1. The SMILES string of the molecule is Cc1c(Br)cccc1C(=O)NC1CC1. The van der Waals surface area contributed by atoms with Gasteiger partial charge in [0.25, 0.3) is 5.91 Å². The molecule has 0 spiro atoms. The summed E-state index contributed by atoms with van der Waals surface area (Å²) in [4.78, 5) is 11.7. The minimum absolute atomic E-state index is 0.0475. The van der Waals surface area contributed by atoms with Crippen molar-refractivity contribution in [1.82, 2.24) is 5.32 Å². The molecule has 0 aromatic heterocycles. The van der Waals surface area contributed by atoms with Crippen LogP contribution in [0.15, 0.2) is 22.7 Å². The fourth-order valence-electron chi connectivity index (χ4n) is 1.34. The highest BCUT2D eigenvalue weighted by atomic mass is 79.9. The minimum Gasteiger partial charge on any atom is -0.349 e. The van der Waals surface area contributed by atoms with Crippen LogP contribution in [-0.2, 0) is 0 Å². The van der Waals surface area contributed by atoms with Crippen molar-refractivity contribution in [1.29, 1.82) is 0 Å². The van der Waals surface area contributed by atoms with Crippen LogP contribution in [0, 0.1) is 6.92 Å². The summed E-state index contributed by atoms with van der Waals surface area (Å²) in [5.41, 5.74) is 1.77. The second kappa shape index (κ2) is 3.73. The van der Waals surface area contributed by atoms with E-state index < -0.39 is 0 Å². The summed E-state index contributed by atoms with van der Waals surface area (Å²) >= 11 is 3.42. The predicted molar refractivity (Wildman–Crippen MR) is 59.4 cm³/mol. The molecule has 0 heterocycles. The van der Waals surface area contributed by atoms with Crippen molar-refractivity contribution in [3.8, 4) is 0 Å². The van der Waals surface area contributed by atoms with Crippen molar-refractivity contribution < 1.29 is 4.79 Å². The van der Waals surface area contributed by atoms with Crippen LogP contribution >= 0.6 is 15.9 Å². The molecule has 2 nitrogen and oxygen atoms in total. The summed E-state index contributed by atoms with van der Waals surface area (Å²) in [5.74, 6) is 0.0475. The summed E-state index contributed by atoms with van der Waals surface area (Å²) in [7, 11) is 0. The average molecular weight is 254 g/mol. The normalized spacial score (nSPS) is 15.3. The molecule has 0 unspecified atom stereocenters. The molecule has 1 aliphatic carbocycles. The van der Waals surface area contributed by atoms with Crippen LogP contribution in [0.25, 0.3) is 0 Å². The molecule has 1 saturated carbocycles. The topological polar surface area (TPSA) is 29.1 Å². The van der Waals surface area contributed by atoms with E-state index in [1.54, 1.807) is 0 Å². The first-order chi connectivity index (χ1) is 6.68. The van der Waals surface area contributed by atoms with E-state index in [9.17, 15) is 4.79 Å². The summed E-state index contributed by atoms with van der Waals surface area (Å²) in [6.45, 7) is 1.95. The molecule has 0 radical (unpaired) electrons. The van der Waals surface area contributed by atoms with E-state index in [1.165, 1.54) is 0 Å². The number of halogens is 1. The quantitative estimate of drug-likeness (QED) is 0.863. The second-order valence-electron chi connectivity index (χ2n) is 3.66. The van der Waals surface area contributed by atoms with Gasteiger partial charge in [-0.15, -0.1) is 0 Å². The van der Waals surface area contributed by atoms with Gasteiger partial charge in [0, 0.05) is 16.1 Å². The van der Waals surface area contributed by atoms with Crippen LogP contribution in [0.5, 0.6) is 0 Å². The zero-order chi connectivity index (χ0) is 10.1. The van der Waals surface area contributed by atoms with Gasteiger partial charge in [-0.1, -0.05) is 22.0 Å². The smallest absolute Gasteiger partial charge is 0.251 e. The van der Waals surface area contributed by atoms with Gasteiger partial charge in [-0.2, -0.15) is 0 Å². The summed E-state index contributed by atoms with van der Waals surface area (Å²) in [6, 6.07) is 6.11. The number of rotatable bonds is 2. The Morgan fingerprint density at radius 2 is 2.21 bits per heavy atom. The first-order valence-electron chi connectivity index (χ1n) is 4.74. The van der Waals surface area contributed by atoms with Gasteiger partial charge in [-0.25, -0.2) is 0 Å². The number of amides is 1. The Balaban J connectivity index is 2.21. The van der Waals surface area contributed by atoms with Crippen molar-refractivity contribution in [2.24, 2.45) is 0 Å². The molecule has 1 aromatic rings. The first kappa shape index (κ1) is 9.71. The lowest BCUT2D eigenvalue weighted by Crippen LogP contribution is -2.26. The van der Waals surface area contributed by atoms with Gasteiger partial charge in [0.05, 0.1) is 0 Å². The Morgan fingerprint density at radius 3 is 2.86 bits per heavy atom. The van der Waals surface area contributed by atoms with Crippen molar-refractivity contribution in [2.75, 3.05) is 0 Å². The number of carbonyl (C=O) groups is 1. The maximum atomic E-state index is 11.7. The molecular weight excluding hydrogens is 242 g/mol. The predicted octanol–water partition coefficient (Wildman–Crippen LogP) is 2.65. The molecule has 1 aromatic carbocycles. The van der Waals surface area contributed by atoms with Gasteiger partial charge in [-0.3, -0.25) is 4.79 Å². The molecule has 1 amide bonds. The van der Waals surface area contributed by atoms with Crippen LogP contribution < -0.4 is 5.32 Å². The Labute approximate surface area is 91.8 Å². The number of benzene rings is 1. The molecule has 14 heavy (non-hydrogen) atoms. The van der Waals surface area contributed by atoms with E-state index in [0.29, 0.717) is 6.04 Å². The van der Waals surface area contributed by atoms with Gasteiger partial charge >= 0.3 is 0 Å². The van der Waals surface area contributed by atoms with Gasteiger partial charge in [0.2, 0.25) is 0 Å². The van der Waals surface area contributed by atoms with Crippen LogP contribution in [0.1, 0.15) is 28.8 Å². The van der Waals surface area contributed by atoms with Gasteiger partial charge in [0.1, 0.15) is 0 Å². The van der Waals surface area contributed by atoms with Gasteiger partial charge < -0.3 is 5.32 Å². The molecule has 1 N–H and O–H groups in total. The molecule has 1 fully saturated rings. The Bertz CT molecular complexity index is 372. The molecule has 74 valence electrons. The van der Waals surface area contributed by atoms with Crippen molar-refractivity contribution in [2.45, 2.75) is 25.8 Å². The molecule has 2 rings (SSSR count). The van der Waals surface area contributed by atoms with Crippen molar-refractivity contribution >= 4 is 21.8 Å². The fraction of sp³-hybridized carbons (Fsp3) is 0.364. The third-order valence-electron chi connectivity index (χ3n) is 2.42. The lowest BCUT2D eigenvalue weighted by molar-refractivity contribution is 0.0950. The molecule has 0 aliphatic heterocycles. The maximum absolute atomic E-state index is 11.7. The molecule has 0 atom stereocenters. The first-order valence-corrected chi connectivity index (χ1v) is 5.54. The van der Waals surface area contributed by atoms with E-state index in [4.69, 9.17) is 0 Å². The molecule has 1 aliphatic rings. The summed E-state index contributed by atoms with van der Waals surface area (Å²) in [6.07, 6.45) is 2.25. The summed E-state index contributed by atoms with van der Waals surface area (Å²) < 4.78 is 0.987. The highest BCUT2D eigenvalue weighted by Crippen LogP contribution is 2.22. The maximum Gasteiger partial charge on any atom is 0.251 e. The van der Waals surface area contributed by atoms with Crippen molar-refractivity contribution in [3.63, 3.8) is 0 Å². The number of hydrogen-bond acceptors (Lipinski definition) is 1. The average Bonchev–Trinajstić information content (AvgIpc) is 2.93. The Morgan fingerprint density at radius 1 is 1.50 bits per heavy atom. The van der Waals surface area contributed by atoms with E-state index >= 15 is 0 Å². The number of hydrogen-bond donors (Lipinski definition) is 1.